The first kappa shape index (κ1) is 20.7. The first-order chi connectivity index (χ1) is 12.0. The van der Waals surface area contributed by atoms with Crippen molar-refractivity contribution in [2.75, 3.05) is 27.2 Å². The number of hydrogen-bond donors (Lipinski definition) is 1. The van der Waals surface area contributed by atoms with Gasteiger partial charge in [-0.25, -0.2) is 0 Å². The van der Waals surface area contributed by atoms with E-state index in [0.29, 0.717) is 18.4 Å². The van der Waals surface area contributed by atoms with Crippen LogP contribution in [0.4, 0.5) is 13.2 Å². The third-order valence-corrected chi connectivity index (χ3v) is 6.27. The predicted molar refractivity (Wildman–Crippen MR) is 90.2 cm³/mol. The van der Waals surface area contributed by atoms with Gasteiger partial charge in [0.05, 0.1) is 5.56 Å². The maximum Gasteiger partial charge on any atom is 0.416 e. The predicted octanol–water partition coefficient (Wildman–Crippen LogP) is 1.84. The van der Waals surface area contributed by atoms with Crippen molar-refractivity contribution in [3.63, 3.8) is 0 Å². The standard InChI is InChI=1S/C16H22F3N3O3S/c1-21(2)26(24,25)22-8-6-13(7-9-22)15(23)20-11-12-4-3-5-14(10-12)16(17,18)19/h3-5,10,13H,6-9,11H2,1-2H3,(H,20,23). The van der Waals surface area contributed by atoms with E-state index in [2.05, 4.69) is 5.32 Å². The van der Waals surface area contributed by atoms with E-state index in [9.17, 15) is 26.4 Å². The van der Waals surface area contributed by atoms with Crippen molar-refractivity contribution in [1.82, 2.24) is 13.9 Å². The normalized spacial score (nSPS) is 17.5. The lowest BCUT2D eigenvalue weighted by Gasteiger charge is -2.32. The topological polar surface area (TPSA) is 69.7 Å². The monoisotopic (exact) mass is 393 g/mol. The molecule has 6 nitrogen and oxygen atoms in total. The van der Waals surface area contributed by atoms with E-state index in [1.165, 1.54) is 30.5 Å². The number of halogens is 3. The number of piperidine rings is 1. The number of nitrogens with zero attached hydrogens (tertiary/aromatic N) is 2. The zero-order valence-corrected chi connectivity index (χ0v) is 15.4. The first-order valence-electron chi connectivity index (χ1n) is 8.13. The van der Waals surface area contributed by atoms with E-state index in [1.54, 1.807) is 0 Å². The molecule has 0 aliphatic carbocycles. The van der Waals surface area contributed by atoms with E-state index >= 15 is 0 Å². The SMILES string of the molecule is CN(C)S(=O)(=O)N1CCC(C(=O)NCc2cccc(C(F)(F)F)c2)CC1. The summed E-state index contributed by atoms with van der Waals surface area (Å²) in [5, 5.41) is 2.64. The molecule has 1 heterocycles. The summed E-state index contributed by atoms with van der Waals surface area (Å²) in [6.45, 7) is 0.475. The molecule has 1 aliphatic rings. The highest BCUT2D eigenvalue weighted by Crippen LogP contribution is 2.29. The van der Waals surface area contributed by atoms with Crippen molar-refractivity contribution in [2.24, 2.45) is 5.92 Å². The molecule has 1 N–H and O–H groups in total. The van der Waals surface area contributed by atoms with Crippen LogP contribution in [0.5, 0.6) is 0 Å². The third-order valence-electron chi connectivity index (χ3n) is 4.33. The number of rotatable bonds is 5. The van der Waals surface area contributed by atoms with Gasteiger partial charge in [0.25, 0.3) is 10.2 Å². The maximum absolute atomic E-state index is 12.7. The molecule has 1 fully saturated rings. The summed E-state index contributed by atoms with van der Waals surface area (Å²) in [5.74, 6) is -0.626. The number of benzene rings is 1. The van der Waals surface area contributed by atoms with Crippen molar-refractivity contribution >= 4 is 16.1 Å². The van der Waals surface area contributed by atoms with Gasteiger partial charge in [-0.2, -0.15) is 30.2 Å². The van der Waals surface area contributed by atoms with Gasteiger partial charge in [-0.15, -0.1) is 0 Å². The number of amides is 1. The smallest absolute Gasteiger partial charge is 0.352 e. The molecule has 10 heteroatoms. The summed E-state index contributed by atoms with van der Waals surface area (Å²) in [7, 11) is -0.599. The summed E-state index contributed by atoms with van der Waals surface area (Å²) in [5.41, 5.74) is -0.396. The van der Waals surface area contributed by atoms with Crippen molar-refractivity contribution in [3.05, 3.63) is 35.4 Å². The van der Waals surface area contributed by atoms with Crippen LogP contribution in [0.25, 0.3) is 0 Å². The van der Waals surface area contributed by atoms with Crippen LogP contribution in [0, 0.1) is 5.92 Å². The fourth-order valence-corrected chi connectivity index (χ4v) is 3.90. The fourth-order valence-electron chi connectivity index (χ4n) is 2.77. The Morgan fingerprint density at radius 2 is 1.88 bits per heavy atom. The molecule has 1 aromatic carbocycles. The molecular weight excluding hydrogens is 371 g/mol. The van der Waals surface area contributed by atoms with Crippen LogP contribution < -0.4 is 5.32 Å². The van der Waals surface area contributed by atoms with Crippen molar-refractivity contribution in [1.29, 1.82) is 0 Å². The van der Waals surface area contributed by atoms with Crippen molar-refractivity contribution in [3.8, 4) is 0 Å². The number of nitrogens with one attached hydrogen (secondary N) is 1. The van der Waals surface area contributed by atoms with Gasteiger partial charge >= 0.3 is 6.18 Å². The summed E-state index contributed by atoms with van der Waals surface area (Å²) < 4.78 is 64.6. The zero-order chi connectivity index (χ0) is 19.5. The van der Waals surface area contributed by atoms with E-state index in [1.807, 2.05) is 0 Å². The van der Waals surface area contributed by atoms with Gasteiger partial charge in [0.15, 0.2) is 0 Å². The van der Waals surface area contributed by atoms with E-state index in [4.69, 9.17) is 0 Å². The van der Waals surface area contributed by atoms with Gasteiger partial charge in [0, 0.05) is 39.6 Å². The molecule has 0 unspecified atom stereocenters. The Kier molecular flexibility index (Phi) is 6.30. The Labute approximate surface area is 151 Å². The third kappa shape index (κ3) is 4.95. The van der Waals surface area contributed by atoms with Crippen LogP contribution in [0.2, 0.25) is 0 Å². The first-order valence-corrected chi connectivity index (χ1v) is 9.53. The van der Waals surface area contributed by atoms with Crippen molar-refractivity contribution in [2.45, 2.75) is 25.6 Å². The molecule has 1 saturated heterocycles. The summed E-state index contributed by atoms with van der Waals surface area (Å²) in [4.78, 5) is 12.2. The minimum absolute atomic E-state index is 0.00103. The second-order valence-electron chi connectivity index (χ2n) is 6.38. The Morgan fingerprint density at radius 1 is 1.27 bits per heavy atom. The van der Waals surface area contributed by atoms with Crippen LogP contribution in [-0.4, -0.2) is 50.1 Å². The summed E-state index contributed by atoms with van der Waals surface area (Å²) >= 11 is 0. The number of alkyl halides is 3. The van der Waals surface area contributed by atoms with Gasteiger partial charge in [-0.1, -0.05) is 12.1 Å². The van der Waals surface area contributed by atoms with Crippen LogP contribution >= 0.6 is 0 Å². The maximum atomic E-state index is 12.7. The Hall–Kier alpha value is -1.65. The minimum Gasteiger partial charge on any atom is -0.352 e. The fraction of sp³-hybridized carbons (Fsp3) is 0.562. The second kappa shape index (κ2) is 7.93. The van der Waals surface area contributed by atoms with Crippen LogP contribution in [0.15, 0.2) is 24.3 Å². The molecule has 1 aliphatic heterocycles. The molecule has 2 rings (SSSR count). The number of hydrogen-bond acceptors (Lipinski definition) is 3. The molecule has 0 aromatic heterocycles. The van der Waals surface area contributed by atoms with Gasteiger partial charge in [0.1, 0.15) is 0 Å². The molecule has 26 heavy (non-hydrogen) atoms. The van der Waals surface area contributed by atoms with E-state index in [0.717, 1.165) is 16.4 Å². The molecular formula is C16H22F3N3O3S. The Balaban J connectivity index is 1.89. The van der Waals surface area contributed by atoms with E-state index < -0.39 is 21.9 Å². The Bertz CT molecular complexity index is 743. The van der Waals surface area contributed by atoms with E-state index in [-0.39, 0.29) is 31.5 Å². The number of carbonyl (C=O) groups is 1. The lowest BCUT2D eigenvalue weighted by Crippen LogP contribution is -2.46. The quantitative estimate of drug-likeness (QED) is 0.830. The van der Waals surface area contributed by atoms with Crippen molar-refractivity contribution < 1.29 is 26.4 Å². The van der Waals surface area contributed by atoms with Gasteiger partial charge in [-0.3, -0.25) is 4.79 Å². The second-order valence-corrected chi connectivity index (χ2v) is 8.52. The molecule has 1 amide bonds. The van der Waals surface area contributed by atoms with Crippen LogP contribution in [-0.2, 0) is 27.7 Å². The zero-order valence-electron chi connectivity index (χ0n) is 14.6. The van der Waals surface area contributed by atoms with Crippen LogP contribution in [0.1, 0.15) is 24.0 Å². The lowest BCUT2D eigenvalue weighted by atomic mass is 9.97. The molecule has 0 spiro atoms. The number of carbonyl (C=O) groups excluding carboxylic acids is 1. The molecule has 0 bridgehead atoms. The summed E-state index contributed by atoms with van der Waals surface area (Å²) in [6, 6.07) is 4.80. The minimum atomic E-state index is -4.43. The van der Waals surface area contributed by atoms with Gasteiger partial charge < -0.3 is 5.32 Å². The van der Waals surface area contributed by atoms with Gasteiger partial charge in [0.2, 0.25) is 5.91 Å². The average Bonchev–Trinajstić information content (AvgIpc) is 2.59. The highest BCUT2D eigenvalue weighted by molar-refractivity contribution is 7.86. The molecule has 0 saturated carbocycles. The largest absolute Gasteiger partial charge is 0.416 e. The molecule has 1 aromatic rings. The average molecular weight is 393 g/mol. The molecule has 146 valence electrons. The lowest BCUT2D eigenvalue weighted by molar-refractivity contribution is -0.137. The highest BCUT2D eigenvalue weighted by atomic mass is 32.2. The molecule has 0 atom stereocenters. The van der Waals surface area contributed by atoms with Gasteiger partial charge in [-0.05, 0) is 30.5 Å². The highest BCUT2D eigenvalue weighted by Gasteiger charge is 2.32. The summed E-state index contributed by atoms with van der Waals surface area (Å²) in [6.07, 6.45) is -3.67. The van der Waals surface area contributed by atoms with Crippen LogP contribution in [0.3, 0.4) is 0 Å². The molecule has 0 radical (unpaired) electrons. The Morgan fingerprint density at radius 3 is 2.42 bits per heavy atom.